The van der Waals surface area contributed by atoms with E-state index in [0.717, 1.165) is 0 Å². The van der Waals surface area contributed by atoms with Gasteiger partial charge in [-0.3, -0.25) is 0 Å². The van der Waals surface area contributed by atoms with Gasteiger partial charge in [0, 0.05) is 0 Å². The first-order valence-corrected chi connectivity index (χ1v) is 1.76. The van der Waals surface area contributed by atoms with Crippen molar-refractivity contribution in [3.05, 3.63) is 6.92 Å². The van der Waals surface area contributed by atoms with E-state index in [9.17, 15) is 4.79 Å². The van der Waals surface area contributed by atoms with Crippen LogP contribution >= 0.6 is 0 Å². The molecular weight excluding hydrogens is 94.0 g/mol. The van der Waals surface area contributed by atoms with E-state index >= 15 is 0 Å². The van der Waals surface area contributed by atoms with Gasteiger partial charge in [-0.05, 0) is 0 Å². The van der Waals surface area contributed by atoms with Crippen LogP contribution in [0.15, 0.2) is 0 Å². The molecule has 0 bridgehead atoms. The molecule has 0 fully saturated rings. The van der Waals surface area contributed by atoms with Crippen molar-refractivity contribution in [3.63, 3.8) is 0 Å². The minimum Gasteiger partial charge on any atom is -0.342 e. The molecule has 0 aliphatic carbocycles. The molecular formula is C4H7NO2+2. The molecule has 3 nitrogen and oxygen atoms in total. The average Bonchev–Trinajstić information content (AvgIpc) is 1.65. The highest BCUT2D eigenvalue weighted by Gasteiger charge is 2.17. The molecule has 38 valence electrons. The summed E-state index contributed by atoms with van der Waals surface area (Å²) >= 11 is 0. The molecule has 0 rings (SSSR count). The quantitative estimate of drug-likeness (QED) is 0.283. The van der Waals surface area contributed by atoms with Gasteiger partial charge >= 0.3 is 12.0 Å². The Morgan fingerprint density at radius 3 is 2.43 bits per heavy atom. The standard InChI is InChI=1S/C4H6NO2/c1-3(6)4(7)5-2/h3,6H,1-2H2/q+1/p+1/t3-/m0/s1. The van der Waals surface area contributed by atoms with Crippen LogP contribution in [0.4, 0.5) is 0 Å². The van der Waals surface area contributed by atoms with Gasteiger partial charge < -0.3 is 5.11 Å². The van der Waals surface area contributed by atoms with Crippen molar-refractivity contribution in [2.24, 2.45) is 0 Å². The van der Waals surface area contributed by atoms with Gasteiger partial charge in [-0.1, -0.05) is 0 Å². The fourth-order valence-corrected chi connectivity index (χ4v) is 0.118. The van der Waals surface area contributed by atoms with Crippen LogP contribution in [0.5, 0.6) is 0 Å². The zero-order valence-corrected chi connectivity index (χ0v) is 3.85. The van der Waals surface area contributed by atoms with Crippen molar-refractivity contribution >= 4 is 12.6 Å². The number of hydrogen-bond acceptors (Lipinski definition) is 2. The molecule has 0 heterocycles. The molecule has 0 aromatic heterocycles. The van der Waals surface area contributed by atoms with E-state index < -0.39 is 12.0 Å². The molecule has 0 aromatic carbocycles. The van der Waals surface area contributed by atoms with Crippen molar-refractivity contribution in [2.75, 3.05) is 0 Å². The van der Waals surface area contributed by atoms with Crippen LogP contribution in [0, 0.1) is 6.92 Å². The van der Waals surface area contributed by atoms with Gasteiger partial charge in [0.05, 0.1) is 0 Å². The maximum absolute atomic E-state index is 10.0. The molecule has 1 atom stereocenters. The lowest BCUT2D eigenvalue weighted by atomic mass is 10.4. The number of carbonyl (C=O) groups is 1. The molecule has 1 amide bonds. The lowest BCUT2D eigenvalue weighted by molar-refractivity contribution is -0.374. The molecule has 0 radical (unpaired) electrons. The fraction of sp³-hybridized carbons (Fsp3) is 0.250. The smallest absolute Gasteiger partial charge is 0.342 e. The summed E-state index contributed by atoms with van der Waals surface area (Å²) in [6.45, 7) is 6.02. The summed E-state index contributed by atoms with van der Waals surface area (Å²) in [6.07, 6.45) is -1.20. The van der Waals surface area contributed by atoms with E-state index in [4.69, 9.17) is 5.11 Å². The summed E-state index contributed by atoms with van der Waals surface area (Å²) in [5.41, 5.74) is 0. The van der Waals surface area contributed by atoms with Crippen LogP contribution in [0.2, 0.25) is 0 Å². The Labute approximate surface area is 41.7 Å². The molecule has 3 heteroatoms. The van der Waals surface area contributed by atoms with Crippen molar-refractivity contribution in [1.82, 2.24) is 0 Å². The van der Waals surface area contributed by atoms with Crippen molar-refractivity contribution < 1.29 is 14.9 Å². The summed E-state index contributed by atoms with van der Waals surface area (Å²) in [5, 5.41) is 8.26. The zero-order valence-electron chi connectivity index (χ0n) is 3.85. The molecule has 0 aliphatic rings. The van der Waals surface area contributed by atoms with Gasteiger partial charge in [0.15, 0.2) is 0 Å². The number of rotatable bonds is 1. The topological polar surface area (TPSA) is 51.3 Å². The lowest BCUT2D eigenvalue weighted by Crippen LogP contribution is -2.74. The minimum atomic E-state index is -1.20. The number of aliphatic hydroxyl groups is 1. The van der Waals surface area contributed by atoms with Crippen molar-refractivity contribution in [2.45, 2.75) is 6.10 Å². The van der Waals surface area contributed by atoms with Crippen LogP contribution < -0.4 is 4.99 Å². The van der Waals surface area contributed by atoms with Crippen molar-refractivity contribution in [1.29, 1.82) is 0 Å². The normalized spacial score (nSPS) is 12.7. The monoisotopic (exact) mass is 101 g/mol. The minimum absolute atomic E-state index is 0.569. The van der Waals surface area contributed by atoms with Gasteiger partial charge in [-0.2, -0.15) is 4.99 Å². The van der Waals surface area contributed by atoms with Gasteiger partial charge in [0.25, 0.3) is 0 Å². The SMILES string of the molecule is C=[NH+]C(=O)[C@H]([CH2+])O. The first-order valence-electron chi connectivity index (χ1n) is 1.76. The third kappa shape index (κ3) is 1.94. The molecule has 0 saturated heterocycles. The van der Waals surface area contributed by atoms with Gasteiger partial charge in [-0.15, -0.1) is 0 Å². The number of hydrogen-bond donors (Lipinski definition) is 2. The first kappa shape index (κ1) is 6.17. The Morgan fingerprint density at radius 1 is 2.00 bits per heavy atom. The van der Waals surface area contributed by atoms with Crippen molar-refractivity contribution in [3.8, 4) is 0 Å². The Bertz CT molecular complexity index is 87.7. The summed E-state index contributed by atoms with van der Waals surface area (Å²) in [4.78, 5) is 12.0. The van der Waals surface area contributed by atoms with E-state index in [2.05, 4.69) is 13.6 Å². The van der Waals surface area contributed by atoms with E-state index in [1.165, 1.54) is 0 Å². The highest BCUT2D eigenvalue weighted by Crippen LogP contribution is 1.67. The first-order chi connectivity index (χ1) is 3.18. The summed E-state index contributed by atoms with van der Waals surface area (Å²) < 4.78 is 0. The Hall–Kier alpha value is -0.830. The van der Waals surface area contributed by atoms with Crippen LogP contribution in [0.1, 0.15) is 0 Å². The average molecular weight is 101 g/mol. The predicted octanol–water partition coefficient (Wildman–Crippen LogP) is -2.51. The van der Waals surface area contributed by atoms with Gasteiger partial charge in [0.1, 0.15) is 13.6 Å². The van der Waals surface area contributed by atoms with E-state index in [-0.39, 0.29) is 0 Å². The van der Waals surface area contributed by atoms with Crippen LogP contribution in [0.25, 0.3) is 0 Å². The van der Waals surface area contributed by atoms with Crippen LogP contribution in [-0.4, -0.2) is 23.8 Å². The fourth-order valence-electron chi connectivity index (χ4n) is 0.118. The van der Waals surface area contributed by atoms with Crippen LogP contribution in [0.3, 0.4) is 0 Å². The maximum Gasteiger partial charge on any atom is 0.460 e. The molecule has 0 spiro atoms. The molecule has 7 heavy (non-hydrogen) atoms. The predicted molar refractivity (Wildman–Crippen MR) is 24.5 cm³/mol. The number of nitrogens with one attached hydrogen (secondary N) is 1. The zero-order chi connectivity index (χ0) is 5.86. The highest BCUT2D eigenvalue weighted by atomic mass is 16.3. The Kier molecular flexibility index (Phi) is 2.08. The second kappa shape index (κ2) is 2.36. The van der Waals surface area contributed by atoms with E-state index in [1.54, 1.807) is 0 Å². The van der Waals surface area contributed by atoms with E-state index in [1.807, 2.05) is 4.99 Å². The molecule has 2 N–H and O–H groups in total. The second-order valence-electron chi connectivity index (χ2n) is 1.06. The molecule has 0 unspecified atom stereocenters. The Balaban J connectivity index is 3.56. The second-order valence-corrected chi connectivity index (χ2v) is 1.06. The van der Waals surface area contributed by atoms with Gasteiger partial charge in [-0.25, -0.2) is 4.79 Å². The van der Waals surface area contributed by atoms with Crippen LogP contribution in [-0.2, 0) is 4.79 Å². The van der Waals surface area contributed by atoms with Gasteiger partial charge in [0.2, 0.25) is 0 Å². The lowest BCUT2D eigenvalue weighted by Gasteiger charge is -1.77. The number of aliphatic hydroxyl groups excluding tert-OH is 1. The number of carbonyl (C=O) groups excluding carboxylic acids is 1. The van der Waals surface area contributed by atoms with E-state index in [0.29, 0.717) is 0 Å². The third-order valence-electron chi connectivity index (χ3n) is 0.477. The molecule has 0 saturated carbocycles. The maximum atomic E-state index is 10.0. The summed E-state index contributed by atoms with van der Waals surface area (Å²) in [7, 11) is 0. The largest absolute Gasteiger partial charge is 0.460 e. The highest BCUT2D eigenvalue weighted by molar-refractivity contribution is 5.72. The Morgan fingerprint density at radius 2 is 2.43 bits per heavy atom. The number of amides is 1. The molecule has 0 aliphatic heterocycles. The summed E-state index contributed by atoms with van der Waals surface area (Å²) in [5.74, 6) is -0.569. The molecule has 0 aromatic rings. The summed E-state index contributed by atoms with van der Waals surface area (Å²) in [6, 6.07) is 0. The third-order valence-corrected chi connectivity index (χ3v) is 0.477.